The van der Waals surface area contributed by atoms with Gasteiger partial charge in [-0.3, -0.25) is 4.79 Å². The molecular formula is C20H38N4O2. The van der Waals surface area contributed by atoms with E-state index < -0.39 is 0 Å². The van der Waals surface area contributed by atoms with Crippen molar-refractivity contribution in [2.75, 3.05) is 26.2 Å². The van der Waals surface area contributed by atoms with Crippen LogP contribution in [0.15, 0.2) is 0 Å². The smallest absolute Gasteiger partial charge is 0.315 e. The topological polar surface area (TPSA) is 82.3 Å². The lowest BCUT2D eigenvalue weighted by atomic mass is 9.81. The molecule has 1 heterocycles. The fourth-order valence-corrected chi connectivity index (χ4v) is 3.88. The Balaban J connectivity index is 1.43. The molecule has 2 rings (SSSR count). The second-order valence-electron chi connectivity index (χ2n) is 8.38. The van der Waals surface area contributed by atoms with Crippen molar-refractivity contribution >= 4 is 11.9 Å². The molecule has 0 unspecified atom stereocenters. The summed E-state index contributed by atoms with van der Waals surface area (Å²) in [6.07, 6.45) is 11.6. The van der Waals surface area contributed by atoms with Gasteiger partial charge in [-0.05, 0) is 57.0 Å². The lowest BCUT2D eigenvalue weighted by molar-refractivity contribution is -0.121. The molecule has 3 amide bonds. The first-order valence-electron chi connectivity index (χ1n) is 10.6. The summed E-state index contributed by atoms with van der Waals surface area (Å²) in [5.41, 5.74) is 0.247. The van der Waals surface area contributed by atoms with E-state index in [4.69, 9.17) is 0 Å². The molecule has 0 aromatic rings. The zero-order chi connectivity index (χ0) is 18.7. The van der Waals surface area contributed by atoms with Gasteiger partial charge in [0.2, 0.25) is 5.91 Å². The first-order chi connectivity index (χ1) is 12.6. The Labute approximate surface area is 158 Å². The van der Waals surface area contributed by atoms with E-state index in [9.17, 15) is 9.59 Å². The van der Waals surface area contributed by atoms with Crippen LogP contribution in [0, 0.1) is 5.41 Å². The summed E-state index contributed by atoms with van der Waals surface area (Å²) in [4.78, 5) is 23.8. The van der Waals surface area contributed by atoms with Crippen molar-refractivity contribution in [3.05, 3.63) is 0 Å². The predicted molar refractivity (Wildman–Crippen MR) is 105 cm³/mol. The van der Waals surface area contributed by atoms with Crippen molar-refractivity contribution in [3.63, 3.8) is 0 Å². The van der Waals surface area contributed by atoms with Gasteiger partial charge >= 0.3 is 6.03 Å². The van der Waals surface area contributed by atoms with Crippen LogP contribution in [0.3, 0.4) is 0 Å². The van der Waals surface area contributed by atoms with E-state index in [1.807, 2.05) is 0 Å². The van der Waals surface area contributed by atoms with Crippen molar-refractivity contribution in [2.45, 2.75) is 83.6 Å². The quantitative estimate of drug-likeness (QED) is 0.474. The van der Waals surface area contributed by atoms with Crippen LogP contribution >= 0.6 is 0 Å². The van der Waals surface area contributed by atoms with Gasteiger partial charge in [0.1, 0.15) is 0 Å². The van der Waals surface area contributed by atoms with Crippen LogP contribution in [0.25, 0.3) is 0 Å². The Morgan fingerprint density at radius 2 is 1.73 bits per heavy atom. The number of unbranched alkanes of at least 4 members (excludes halogenated alkanes) is 2. The summed E-state index contributed by atoms with van der Waals surface area (Å²) in [5.74, 6) is 0.160. The van der Waals surface area contributed by atoms with Gasteiger partial charge in [-0.1, -0.05) is 32.6 Å². The van der Waals surface area contributed by atoms with Crippen molar-refractivity contribution in [3.8, 4) is 0 Å². The Hall–Kier alpha value is -1.30. The van der Waals surface area contributed by atoms with Crippen LogP contribution < -0.4 is 21.3 Å². The Morgan fingerprint density at radius 3 is 2.46 bits per heavy atom. The van der Waals surface area contributed by atoms with Crippen LogP contribution in [-0.4, -0.2) is 44.2 Å². The van der Waals surface area contributed by atoms with Crippen LogP contribution in [0.4, 0.5) is 4.79 Å². The zero-order valence-corrected chi connectivity index (χ0v) is 16.5. The van der Waals surface area contributed by atoms with Gasteiger partial charge in [-0.25, -0.2) is 4.79 Å². The number of piperidine rings is 1. The van der Waals surface area contributed by atoms with E-state index in [0.29, 0.717) is 19.0 Å². The highest BCUT2D eigenvalue weighted by Crippen LogP contribution is 2.26. The predicted octanol–water partition coefficient (Wildman–Crippen LogP) is 2.68. The highest BCUT2D eigenvalue weighted by Gasteiger charge is 2.26. The van der Waals surface area contributed by atoms with Gasteiger partial charge in [0, 0.05) is 25.6 Å². The minimum atomic E-state index is -0.0372. The monoisotopic (exact) mass is 366 g/mol. The fourth-order valence-electron chi connectivity index (χ4n) is 3.88. The van der Waals surface area contributed by atoms with E-state index >= 15 is 0 Å². The summed E-state index contributed by atoms with van der Waals surface area (Å²) in [5, 5.41) is 12.5. The average Bonchev–Trinajstić information content (AvgIpc) is 2.64. The lowest BCUT2D eigenvalue weighted by Crippen LogP contribution is -2.43. The Kier molecular flexibility index (Phi) is 9.23. The summed E-state index contributed by atoms with van der Waals surface area (Å²) in [7, 11) is 0. The molecule has 4 N–H and O–H groups in total. The van der Waals surface area contributed by atoms with Gasteiger partial charge in [0.05, 0.1) is 0 Å². The second kappa shape index (κ2) is 11.4. The van der Waals surface area contributed by atoms with Crippen molar-refractivity contribution in [2.24, 2.45) is 5.41 Å². The van der Waals surface area contributed by atoms with Crippen molar-refractivity contribution in [1.29, 1.82) is 0 Å². The molecule has 0 radical (unpaired) electrons. The van der Waals surface area contributed by atoms with Crippen LogP contribution in [0.1, 0.15) is 77.6 Å². The summed E-state index contributed by atoms with van der Waals surface area (Å²) in [6, 6.07) is 0.319. The molecule has 6 nitrogen and oxygen atoms in total. The Morgan fingerprint density at radius 1 is 1.00 bits per heavy atom. The maximum atomic E-state index is 12.0. The van der Waals surface area contributed by atoms with E-state index in [-0.39, 0.29) is 17.4 Å². The highest BCUT2D eigenvalue weighted by molar-refractivity contribution is 5.75. The van der Waals surface area contributed by atoms with E-state index in [1.165, 1.54) is 19.3 Å². The first kappa shape index (κ1) is 21.0. The molecule has 0 atom stereocenters. The molecule has 1 aliphatic heterocycles. The molecule has 0 aromatic heterocycles. The number of amides is 3. The molecule has 0 aromatic carbocycles. The number of rotatable bonds is 9. The lowest BCUT2D eigenvalue weighted by Gasteiger charge is -2.34. The standard InChI is InChI=1S/C20H38N4O2/c1-20(11-14-21-15-12-20)16-23-18(25)10-6-3-7-13-22-19(26)24-17-8-4-2-5-9-17/h17,21H,2-16H2,1H3,(H,23,25)(H2,22,24,26). The first-order valence-corrected chi connectivity index (χ1v) is 10.6. The van der Waals surface area contributed by atoms with Crippen molar-refractivity contribution in [1.82, 2.24) is 21.3 Å². The third kappa shape index (κ3) is 8.39. The number of carbonyl (C=O) groups is 2. The average molecular weight is 367 g/mol. The van der Waals surface area contributed by atoms with Crippen LogP contribution in [0.5, 0.6) is 0 Å². The normalized spacial score (nSPS) is 20.3. The maximum absolute atomic E-state index is 12.0. The largest absolute Gasteiger partial charge is 0.356 e. The van der Waals surface area contributed by atoms with Gasteiger partial charge < -0.3 is 21.3 Å². The number of urea groups is 1. The fraction of sp³-hybridized carbons (Fsp3) is 0.900. The minimum absolute atomic E-state index is 0.0372. The van der Waals surface area contributed by atoms with Gasteiger partial charge in [0.25, 0.3) is 0 Å². The SMILES string of the molecule is CC1(CNC(=O)CCCCCNC(=O)NC2CCCCC2)CCNCC1. The molecule has 1 saturated heterocycles. The van der Waals surface area contributed by atoms with E-state index in [0.717, 1.165) is 64.6 Å². The molecule has 26 heavy (non-hydrogen) atoms. The van der Waals surface area contributed by atoms with E-state index in [2.05, 4.69) is 28.2 Å². The summed E-state index contributed by atoms with van der Waals surface area (Å²) >= 11 is 0. The van der Waals surface area contributed by atoms with Crippen LogP contribution in [-0.2, 0) is 4.79 Å². The molecule has 2 fully saturated rings. The van der Waals surface area contributed by atoms with Gasteiger partial charge in [0.15, 0.2) is 0 Å². The molecule has 6 heteroatoms. The summed E-state index contributed by atoms with van der Waals surface area (Å²) < 4.78 is 0. The third-order valence-corrected chi connectivity index (χ3v) is 5.83. The second-order valence-corrected chi connectivity index (χ2v) is 8.38. The number of nitrogens with one attached hydrogen (secondary N) is 4. The highest BCUT2D eigenvalue weighted by atomic mass is 16.2. The number of hydrogen-bond donors (Lipinski definition) is 4. The zero-order valence-electron chi connectivity index (χ0n) is 16.5. The number of carbonyl (C=O) groups excluding carboxylic acids is 2. The molecule has 2 aliphatic rings. The molecule has 0 spiro atoms. The van der Waals surface area contributed by atoms with Crippen LogP contribution in [0.2, 0.25) is 0 Å². The third-order valence-electron chi connectivity index (χ3n) is 5.83. The molecular weight excluding hydrogens is 328 g/mol. The number of hydrogen-bond acceptors (Lipinski definition) is 3. The maximum Gasteiger partial charge on any atom is 0.315 e. The van der Waals surface area contributed by atoms with Crippen molar-refractivity contribution < 1.29 is 9.59 Å². The minimum Gasteiger partial charge on any atom is -0.356 e. The molecule has 1 aliphatic carbocycles. The molecule has 1 saturated carbocycles. The molecule has 0 bridgehead atoms. The van der Waals surface area contributed by atoms with E-state index in [1.54, 1.807) is 0 Å². The van der Waals surface area contributed by atoms with Gasteiger partial charge in [-0.15, -0.1) is 0 Å². The Bertz CT molecular complexity index is 430. The molecule has 150 valence electrons. The van der Waals surface area contributed by atoms with Gasteiger partial charge in [-0.2, -0.15) is 0 Å². The summed E-state index contributed by atoms with van der Waals surface area (Å²) in [6.45, 7) is 5.83.